The summed E-state index contributed by atoms with van der Waals surface area (Å²) in [6, 6.07) is 11.6. The summed E-state index contributed by atoms with van der Waals surface area (Å²) in [6.45, 7) is 6.69. The molecule has 4 rings (SSSR count). The van der Waals surface area contributed by atoms with E-state index in [1.807, 2.05) is 37.3 Å². The lowest BCUT2D eigenvalue weighted by molar-refractivity contribution is -0.117. The molecule has 0 unspecified atom stereocenters. The van der Waals surface area contributed by atoms with Crippen molar-refractivity contribution in [3.05, 3.63) is 64.0 Å². The van der Waals surface area contributed by atoms with Crippen LogP contribution in [0.3, 0.4) is 0 Å². The van der Waals surface area contributed by atoms with Gasteiger partial charge in [0, 0.05) is 18.5 Å². The van der Waals surface area contributed by atoms with Gasteiger partial charge in [0.2, 0.25) is 5.91 Å². The highest BCUT2D eigenvalue weighted by Gasteiger charge is 2.27. The molecular weight excluding hydrogens is 396 g/mol. The summed E-state index contributed by atoms with van der Waals surface area (Å²) in [6.07, 6.45) is 1.72. The first-order valence-electron chi connectivity index (χ1n) is 10.7. The maximum Gasteiger partial charge on any atom is 0.346 e. The summed E-state index contributed by atoms with van der Waals surface area (Å²) in [5.41, 5.74) is 0.992. The van der Waals surface area contributed by atoms with Gasteiger partial charge in [-0.05, 0) is 45.3 Å². The second-order valence-electron chi connectivity index (χ2n) is 7.95. The fourth-order valence-electron chi connectivity index (χ4n) is 4.08. The minimum Gasteiger partial charge on any atom is -0.360 e. The number of aryl methyl sites for hydroxylation is 1. The van der Waals surface area contributed by atoms with Crippen molar-refractivity contribution in [2.24, 2.45) is 0 Å². The molecule has 0 aliphatic carbocycles. The predicted octanol–water partition coefficient (Wildman–Crippen LogP) is 2.23. The Morgan fingerprint density at radius 1 is 1.23 bits per heavy atom. The quantitative estimate of drug-likeness (QED) is 0.625. The number of rotatable bonds is 7. The molecule has 0 bridgehead atoms. The molecule has 1 amide bonds. The Labute approximate surface area is 180 Å². The molecule has 1 aromatic carbocycles. The van der Waals surface area contributed by atoms with Crippen LogP contribution in [-0.2, 0) is 17.9 Å². The molecule has 0 radical (unpaired) electrons. The van der Waals surface area contributed by atoms with E-state index in [0.717, 1.165) is 37.3 Å². The highest BCUT2D eigenvalue weighted by Crippen LogP contribution is 2.26. The minimum atomic E-state index is -0.107. The molecule has 1 fully saturated rings. The van der Waals surface area contributed by atoms with Crippen molar-refractivity contribution in [3.8, 4) is 0 Å². The van der Waals surface area contributed by atoms with Gasteiger partial charge >= 0.3 is 5.69 Å². The fourth-order valence-corrected chi connectivity index (χ4v) is 4.08. The third kappa shape index (κ3) is 4.93. The molecule has 3 heterocycles. The van der Waals surface area contributed by atoms with Gasteiger partial charge < -0.3 is 9.84 Å². The Morgan fingerprint density at radius 2 is 1.97 bits per heavy atom. The van der Waals surface area contributed by atoms with Gasteiger partial charge in [-0.15, -0.1) is 0 Å². The number of carbonyl (C=O) groups excluding carboxylic acids is 1. The first-order chi connectivity index (χ1) is 15.0. The first-order valence-corrected chi connectivity index (χ1v) is 10.7. The van der Waals surface area contributed by atoms with Gasteiger partial charge in [0.05, 0.1) is 13.1 Å². The highest BCUT2D eigenvalue weighted by molar-refractivity contribution is 5.91. The van der Waals surface area contributed by atoms with Gasteiger partial charge in [0.25, 0.3) is 0 Å². The first kappa shape index (κ1) is 21.0. The van der Waals surface area contributed by atoms with E-state index in [1.165, 1.54) is 0 Å². The molecule has 3 aromatic rings. The Morgan fingerprint density at radius 3 is 2.61 bits per heavy atom. The Kier molecular flexibility index (Phi) is 6.31. The van der Waals surface area contributed by atoms with Gasteiger partial charge in [0.15, 0.2) is 5.82 Å². The summed E-state index contributed by atoms with van der Waals surface area (Å²) in [4.78, 5) is 27.2. The topological polar surface area (TPSA) is 98.2 Å². The maximum atomic E-state index is 12.8. The van der Waals surface area contributed by atoms with Gasteiger partial charge in [-0.3, -0.25) is 14.3 Å². The van der Waals surface area contributed by atoms with E-state index in [-0.39, 0.29) is 17.5 Å². The maximum absolute atomic E-state index is 12.8. The smallest absolute Gasteiger partial charge is 0.346 e. The van der Waals surface area contributed by atoms with Crippen LogP contribution in [0.2, 0.25) is 0 Å². The van der Waals surface area contributed by atoms with Crippen LogP contribution in [0.15, 0.2) is 45.7 Å². The number of piperidine rings is 1. The molecule has 1 saturated heterocycles. The van der Waals surface area contributed by atoms with Crippen LogP contribution in [0.5, 0.6) is 0 Å². The average molecular weight is 425 g/mol. The van der Waals surface area contributed by atoms with Gasteiger partial charge in [-0.25, -0.2) is 9.48 Å². The van der Waals surface area contributed by atoms with Crippen molar-refractivity contribution < 1.29 is 9.32 Å². The normalized spacial score (nSPS) is 15.3. The summed E-state index contributed by atoms with van der Waals surface area (Å²) < 4.78 is 8.32. The molecule has 1 aliphatic heterocycles. The summed E-state index contributed by atoms with van der Waals surface area (Å²) in [7, 11) is 0. The van der Waals surface area contributed by atoms with Crippen molar-refractivity contribution in [3.63, 3.8) is 0 Å². The molecule has 9 nitrogen and oxygen atoms in total. The van der Waals surface area contributed by atoms with Crippen molar-refractivity contribution in [2.45, 2.75) is 45.7 Å². The molecule has 164 valence electrons. The molecule has 9 heteroatoms. The number of benzene rings is 1. The van der Waals surface area contributed by atoms with Crippen LogP contribution < -0.4 is 11.0 Å². The van der Waals surface area contributed by atoms with Gasteiger partial charge in [0.1, 0.15) is 11.6 Å². The fraction of sp³-hybridized carbons (Fsp3) is 0.455. The van der Waals surface area contributed by atoms with E-state index in [1.54, 1.807) is 22.2 Å². The van der Waals surface area contributed by atoms with E-state index in [4.69, 9.17) is 9.62 Å². The molecule has 2 aromatic heterocycles. The summed E-state index contributed by atoms with van der Waals surface area (Å²) >= 11 is 0. The van der Waals surface area contributed by atoms with E-state index in [2.05, 4.69) is 15.4 Å². The molecule has 0 spiro atoms. The summed E-state index contributed by atoms with van der Waals surface area (Å²) in [5, 5.41) is 11.2. The number of anilines is 1. The van der Waals surface area contributed by atoms with E-state index in [0.29, 0.717) is 31.2 Å². The zero-order valence-corrected chi connectivity index (χ0v) is 18.0. The average Bonchev–Trinajstić information content (AvgIpc) is 3.31. The molecular formula is C22H28N6O3. The van der Waals surface area contributed by atoms with E-state index < -0.39 is 0 Å². The Balaban J connectivity index is 1.37. The van der Waals surface area contributed by atoms with Crippen molar-refractivity contribution in [1.82, 2.24) is 24.4 Å². The number of hydrogen-bond acceptors (Lipinski definition) is 6. The minimum absolute atomic E-state index is 0.0638. The molecule has 0 atom stereocenters. The predicted molar refractivity (Wildman–Crippen MR) is 116 cm³/mol. The Bertz CT molecular complexity index is 1080. The lowest BCUT2D eigenvalue weighted by Gasteiger charge is -2.30. The molecule has 1 N–H and O–H groups in total. The molecule has 0 saturated carbocycles. The third-order valence-electron chi connectivity index (χ3n) is 5.66. The Hall–Kier alpha value is -3.20. The lowest BCUT2D eigenvalue weighted by atomic mass is 9.96. The molecule has 31 heavy (non-hydrogen) atoms. The van der Waals surface area contributed by atoms with Crippen LogP contribution >= 0.6 is 0 Å². The lowest BCUT2D eigenvalue weighted by Crippen LogP contribution is -2.39. The standard InChI is InChI=1S/C22H28N6O3/c1-3-27-21(24-28(22(27)30)14-17-7-5-4-6-8-17)18-9-11-26(12-10-18)15-20(29)23-19-13-16(2)31-25-19/h4-8,13,18H,3,9-12,14-15H2,1-2H3,(H,23,25,29). The van der Waals surface area contributed by atoms with Gasteiger partial charge in [-0.2, -0.15) is 5.10 Å². The van der Waals surface area contributed by atoms with Crippen LogP contribution in [0.4, 0.5) is 5.82 Å². The second-order valence-corrected chi connectivity index (χ2v) is 7.95. The van der Waals surface area contributed by atoms with E-state index in [9.17, 15) is 9.59 Å². The SMILES string of the molecule is CCn1c(C2CCN(CC(=O)Nc3cc(C)on3)CC2)nn(Cc2ccccc2)c1=O. The van der Waals surface area contributed by atoms with Crippen LogP contribution in [0.1, 0.15) is 42.8 Å². The van der Waals surface area contributed by atoms with Crippen LogP contribution in [0, 0.1) is 6.92 Å². The number of nitrogens with zero attached hydrogens (tertiary/aromatic N) is 5. The van der Waals surface area contributed by atoms with Crippen LogP contribution in [0.25, 0.3) is 0 Å². The number of nitrogens with one attached hydrogen (secondary N) is 1. The second kappa shape index (κ2) is 9.30. The van der Waals surface area contributed by atoms with Crippen molar-refractivity contribution in [1.29, 1.82) is 0 Å². The summed E-state index contributed by atoms with van der Waals surface area (Å²) in [5.74, 6) is 2.05. The number of carbonyl (C=O) groups is 1. The number of likely N-dealkylation sites (tertiary alicyclic amines) is 1. The number of aromatic nitrogens is 4. The molecule has 1 aliphatic rings. The number of amides is 1. The van der Waals surface area contributed by atoms with E-state index >= 15 is 0 Å². The van der Waals surface area contributed by atoms with Crippen molar-refractivity contribution in [2.75, 3.05) is 25.0 Å². The zero-order valence-electron chi connectivity index (χ0n) is 18.0. The monoisotopic (exact) mass is 424 g/mol. The highest BCUT2D eigenvalue weighted by atomic mass is 16.5. The number of hydrogen-bond donors (Lipinski definition) is 1. The van der Waals surface area contributed by atoms with Crippen LogP contribution in [-0.4, -0.2) is 49.9 Å². The largest absolute Gasteiger partial charge is 0.360 e. The van der Waals surface area contributed by atoms with Gasteiger partial charge in [-0.1, -0.05) is 35.5 Å². The third-order valence-corrected chi connectivity index (χ3v) is 5.66. The zero-order chi connectivity index (χ0) is 21.8. The van der Waals surface area contributed by atoms with Crippen molar-refractivity contribution >= 4 is 11.7 Å².